The molecule has 7 heteroatoms. The smallest absolute Gasteiger partial charge is 0.320 e. The first-order valence-corrected chi connectivity index (χ1v) is 6.13. The van der Waals surface area contributed by atoms with Gasteiger partial charge in [0.2, 0.25) is 0 Å². The van der Waals surface area contributed by atoms with E-state index in [4.69, 9.17) is 19.3 Å². The van der Waals surface area contributed by atoms with Crippen molar-refractivity contribution in [3.05, 3.63) is 23.8 Å². The van der Waals surface area contributed by atoms with Gasteiger partial charge in [-0.05, 0) is 31.0 Å². The van der Waals surface area contributed by atoms with Crippen molar-refractivity contribution in [3.8, 4) is 11.5 Å². The number of esters is 1. The molecule has 1 aromatic carbocycles. The third-order valence-electron chi connectivity index (χ3n) is 2.76. The maximum Gasteiger partial charge on any atom is 0.320 e. The van der Waals surface area contributed by atoms with Crippen molar-refractivity contribution in [1.29, 1.82) is 0 Å². The maximum atomic E-state index is 11.6. The van der Waals surface area contributed by atoms with Crippen LogP contribution in [0, 0.1) is 5.92 Å². The van der Waals surface area contributed by atoms with Crippen LogP contribution in [0.25, 0.3) is 0 Å². The summed E-state index contributed by atoms with van der Waals surface area (Å²) in [6.45, 7) is 1.78. The van der Waals surface area contributed by atoms with Crippen molar-refractivity contribution in [2.24, 2.45) is 5.92 Å². The number of aliphatic carboxylic acids is 1. The van der Waals surface area contributed by atoms with Gasteiger partial charge in [0.1, 0.15) is 0 Å². The van der Waals surface area contributed by atoms with E-state index in [9.17, 15) is 9.59 Å². The molecule has 0 spiro atoms. The molecule has 0 amide bonds. The predicted molar refractivity (Wildman–Crippen MR) is 74.6 cm³/mol. The Balaban J connectivity index is 0.00000400. The largest absolute Gasteiger partial charge is 0.493 e. The zero-order valence-electron chi connectivity index (χ0n) is 12.2. The Morgan fingerprint density at radius 3 is 2.29 bits per heavy atom. The van der Waals surface area contributed by atoms with Crippen molar-refractivity contribution in [1.82, 2.24) is 0 Å². The molecule has 21 heavy (non-hydrogen) atoms. The fraction of sp³-hybridized carbons (Fsp3) is 0.429. The van der Waals surface area contributed by atoms with E-state index in [0.29, 0.717) is 17.1 Å². The summed E-state index contributed by atoms with van der Waals surface area (Å²) in [6.07, 6.45) is 0.0362. The number of carbonyl (C=O) groups is 2. The number of methoxy groups -OCH3 is 2. The molecule has 0 saturated carbocycles. The van der Waals surface area contributed by atoms with E-state index in [1.165, 1.54) is 14.2 Å². The molecule has 7 nitrogen and oxygen atoms in total. The zero-order valence-corrected chi connectivity index (χ0v) is 12.2. The Morgan fingerprint density at radius 2 is 1.81 bits per heavy atom. The van der Waals surface area contributed by atoms with Gasteiger partial charge in [-0.1, -0.05) is 6.07 Å². The highest BCUT2D eigenvalue weighted by Gasteiger charge is 2.28. The summed E-state index contributed by atoms with van der Waals surface area (Å²) in [5, 5.41) is 9.10. The molecule has 1 unspecified atom stereocenters. The number of carbonyl (C=O) groups excluding carboxylic acids is 1. The lowest BCUT2D eigenvalue weighted by atomic mass is 9.99. The highest BCUT2D eigenvalue weighted by Crippen LogP contribution is 2.28. The molecule has 118 valence electrons. The molecule has 1 aromatic rings. The average Bonchev–Trinajstić information content (AvgIpc) is 2.44. The number of hydrogen-bond acceptors (Lipinski definition) is 5. The van der Waals surface area contributed by atoms with Crippen molar-refractivity contribution < 1.29 is 34.4 Å². The van der Waals surface area contributed by atoms with Crippen LogP contribution in [0.1, 0.15) is 12.5 Å². The van der Waals surface area contributed by atoms with Gasteiger partial charge in [-0.2, -0.15) is 0 Å². The normalized spacial score (nSPS) is 11.0. The molecule has 0 bridgehead atoms. The Bertz CT molecular complexity index is 484. The van der Waals surface area contributed by atoms with Crippen LogP contribution in [0.4, 0.5) is 0 Å². The van der Waals surface area contributed by atoms with Gasteiger partial charge < -0.3 is 24.8 Å². The molecular formula is C14H20O7. The van der Waals surface area contributed by atoms with Gasteiger partial charge in [0.15, 0.2) is 17.4 Å². The molecule has 0 aromatic heterocycles. The van der Waals surface area contributed by atoms with Crippen LogP contribution in [0.3, 0.4) is 0 Å². The molecule has 0 aliphatic rings. The molecule has 0 radical (unpaired) electrons. The summed E-state index contributed by atoms with van der Waals surface area (Å²) >= 11 is 0. The first-order valence-electron chi connectivity index (χ1n) is 6.13. The highest BCUT2D eigenvalue weighted by atomic mass is 16.5. The van der Waals surface area contributed by atoms with Crippen molar-refractivity contribution >= 4 is 11.9 Å². The van der Waals surface area contributed by atoms with Crippen LogP contribution in [0.15, 0.2) is 18.2 Å². The van der Waals surface area contributed by atoms with E-state index in [1.54, 1.807) is 25.1 Å². The van der Waals surface area contributed by atoms with E-state index in [2.05, 4.69) is 0 Å². The van der Waals surface area contributed by atoms with Crippen LogP contribution in [0.2, 0.25) is 0 Å². The quantitative estimate of drug-likeness (QED) is 0.585. The molecule has 3 N–H and O–H groups in total. The minimum Gasteiger partial charge on any atom is -0.493 e. The summed E-state index contributed by atoms with van der Waals surface area (Å²) in [5.41, 5.74) is 0.656. The number of carboxylic acid groups (broad SMARTS) is 1. The number of benzene rings is 1. The summed E-state index contributed by atoms with van der Waals surface area (Å²) in [5.74, 6) is -2.15. The Labute approximate surface area is 122 Å². The second-order valence-electron chi connectivity index (χ2n) is 4.04. The van der Waals surface area contributed by atoms with Crippen LogP contribution >= 0.6 is 0 Å². The predicted octanol–water partition coefficient (Wildman–Crippen LogP) is 0.685. The van der Waals surface area contributed by atoms with Gasteiger partial charge in [0.05, 0.1) is 20.8 Å². The zero-order chi connectivity index (χ0) is 15.1. The van der Waals surface area contributed by atoms with Crippen LogP contribution in [0.5, 0.6) is 11.5 Å². The minimum atomic E-state index is -1.23. The number of ether oxygens (including phenoxy) is 3. The third-order valence-corrected chi connectivity index (χ3v) is 2.76. The van der Waals surface area contributed by atoms with Crippen LogP contribution in [-0.4, -0.2) is 43.3 Å². The molecule has 0 saturated heterocycles. The van der Waals surface area contributed by atoms with Gasteiger partial charge in [-0.15, -0.1) is 0 Å². The summed E-state index contributed by atoms with van der Waals surface area (Å²) < 4.78 is 15.0. The van der Waals surface area contributed by atoms with E-state index in [1.807, 2.05) is 0 Å². The summed E-state index contributed by atoms with van der Waals surface area (Å²) in [7, 11) is 3.00. The molecule has 0 aliphatic carbocycles. The van der Waals surface area contributed by atoms with Gasteiger partial charge in [-0.3, -0.25) is 9.59 Å². The second kappa shape index (κ2) is 8.80. The lowest BCUT2D eigenvalue weighted by Crippen LogP contribution is -2.28. The van der Waals surface area contributed by atoms with Gasteiger partial charge >= 0.3 is 11.9 Å². The fourth-order valence-corrected chi connectivity index (χ4v) is 1.76. The Kier molecular flexibility index (Phi) is 7.85. The van der Waals surface area contributed by atoms with Crippen molar-refractivity contribution in [2.45, 2.75) is 13.3 Å². The maximum absolute atomic E-state index is 11.6. The molecule has 0 heterocycles. The third kappa shape index (κ3) is 4.96. The topological polar surface area (TPSA) is 114 Å². The lowest BCUT2D eigenvalue weighted by molar-refractivity contribution is -0.158. The standard InChI is InChI=1S/C14H18O6.H2O/c1-4-20-14(17)10(13(15)16)7-9-5-6-11(18-2)12(8-9)19-3;/h5-6,8,10H,4,7H2,1-3H3,(H,15,16);1H2. The van der Waals surface area contributed by atoms with E-state index in [0.717, 1.165) is 0 Å². The minimum absolute atomic E-state index is 0. The van der Waals surface area contributed by atoms with Gasteiger partial charge in [0, 0.05) is 0 Å². The van der Waals surface area contributed by atoms with Gasteiger partial charge in [-0.25, -0.2) is 0 Å². The van der Waals surface area contributed by atoms with Gasteiger partial charge in [0.25, 0.3) is 0 Å². The first kappa shape index (κ1) is 18.7. The Morgan fingerprint density at radius 1 is 1.19 bits per heavy atom. The first-order chi connectivity index (χ1) is 9.53. The number of carboxylic acids is 1. The molecule has 0 aliphatic heterocycles. The molecule has 1 atom stereocenters. The number of rotatable bonds is 7. The summed E-state index contributed by atoms with van der Waals surface area (Å²) in [6, 6.07) is 5.00. The molecule has 1 rings (SSSR count). The Hall–Kier alpha value is -2.28. The van der Waals surface area contributed by atoms with E-state index >= 15 is 0 Å². The van der Waals surface area contributed by atoms with Crippen LogP contribution in [-0.2, 0) is 20.7 Å². The fourth-order valence-electron chi connectivity index (χ4n) is 1.76. The number of hydrogen-bond donors (Lipinski definition) is 1. The monoisotopic (exact) mass is 300 g/mol. The van der Waals surface area contributed by atoms with Crippen molar-refractivity contribution in [3.63, 3.8) is 0 Å². The SMILES string of the molecule is CCOC(=O)C(Cc1ccc(OC)c(OC)c1)C(=O)O.O. The average molecular weight is 300 g/mol. The molecular weight excluding hydrogens is 280 g/mol. The summed E-state index contributed by atoms with van der Waals surface area (Å²) in [4.78, 5) is 22.7. The van der Waals surface area contributed by atoms with E-state index in [-0.39, 0.29) is 18.5 Å². The van der Waals surface area contributed by atoms with Crippen LogP contribution < -0.4 is 9.47 Å². The van der Waals surface area contributed by atoms with Crippen molar-refractivity contribution in [2.75, 3.05) is 20.8 Å². The highest BCUT2D eigenvalue weighted by molar-refractivity contribution is 5.94. The molecule has 0 fully saturated rings. The van der Waals surface area contributed by atoms with E-state index < -0.39 is 17.9 Å². The second-order valence-corrected chi connectivity index (χ2v) is 4.04. The lowest BCUT2D eigenvalue weighted by Gasteiger charge is -2.13.